The molecule has 1 aliphatic carbocycles. The van der Waals surface area contributed by atoms with E-state index in [0.717, 1.165) is 25.3 Å². The van der Waals surface area contributed by atoms with Crippen LogP contribution in [0.1, 0.15) is 38.5 Å². The normalized spacial score (nSPS) is 43.9. The van der Waals surface area contributed by atoms with Crippen molar-refractivity contribution in [3.8, 4) is 0 Å². The molecule has 92 valence electrons. The van der Waals surface area contributed by atoms with Crippen molar-refractivity contribution < 1.29 is 5.11 Å². The zero-order chi connectivity index (χ0) is 11.2. The average molecular weight is 224 g/mol. The van der Waals surface area contributed by atoms with E-state index >= 15 is 0 Å². The number of rotatable bonds is 4. The van der Waals surface area contributed by atoms with Crippen LogP contribution in [0.15, 0.2) is 0 Å². The molecular formula is C13H24N2O. The number of nitrogens with one attached hydrogen (secondary N) is 1. The van der Waals surface area contributed by atoms with Crippen LogP contribution in [0.4, 0.5) is 0 Å². The van der Waals surface area contributed by atoms with Gasteiger partial charge in [-0.05, 0) is 58.0 Å². The molecule has 3 fully saturated rings. The van der Waals surface area contributed by atoms with E-state index in [4.69, 9.17) is 0 Å². The van der Waals surface area contributed by atoms with Crippen LogP contribution < -0.4 is 5.32 Å². The Kier molecular flexibility index (Phi) is 2.73. The van der Waals surface area contributed by atoms with Gasteiger partial charge in [-0.3, -0.25) is 0 Å². The van der Waals surface area contributed by atoms with Crippen molar-refractivity contribution in [1.82, 2.24) is 10.2 Å². The molecule has 3 aliphatic rings. The number of hydrogen-bond acceptors (Lipinski definition) is 3. The summed E-state index contributed by atoms with van der Waals surface area (Å²) in [6.07, 6.45) is 7.72. The lowest BCUT2D eigenvalue weighted by Gasteiger charge is -2.45. The third kappa shape index (κ3) is 1.89. The van der Waals surface area contributed by atoms with Crippen LogP contribution in [0, 0.1) is 5.92 Å². The lowest BCUT2D eigenvalue weighted by molar-refractivity contribution is 0.0470. The number of nitrogens with zero attached hydrogens (tertiary/aromatic N) is 1. The lowest BCUT2D eigenvalue weighted by atomic mass is 9.83. The molecule has 0 aromatic heterocycles. The Bertz CT molecular complexity index is 251. The molecule has 2 saturated heterocycles. The number of piperidine rings is 1. The molecule has 3 rings (SSSR count). The molecule has 0 radical (unpaired) electrons. The van der Waals surface area contributed by atoms with Crippen LogP contribution in [-0.4, -0.2) is 47.8 Å². The van der Waals surface area contributed by atoms with Crippen molar-refractivity contribution >= 4 is 0 Å². The van der Waals surface area contributed by atoms with Gasteiger partial charge >= 0.3 is 0 Å². The Labute approximate surface area is 98.2 Å². The van der Waals surface area contributed by atoms with Crippen LogP contribution in [0.3, 0.4) is 0 Å². The second-order valence-electron chi connectivity index (χ2n) is 6.22. The van der Waals surface area contributed by atoms with E-state index in [1.54, 1.807) is 0 Å². The van der Waals surface area contributed by atoms with Gasteiger partial charge in [0.15, 0.2) is 0 Å². The molecule has 2 heterocycles. The molecule has 1 saturated carbocycles. The summed E-state index contributed by atoms with van der Waals surface area (Å²) in [5.74, 6) is 0.903. The van der Waals surface area contributed by atoms with Gasteiger partial charge in [0.05, 0.1) is 6.61 Å². The Morgan fingerprint density at radius 3 is 2.31 bits per heavy atom. The highest BCUT2D eigenvalue weighted by molar-refractivity contribution is 5.05. The van der Waals surface area contributed by atoms with E-state index < -0.39 is 0 Å². The molecule has 3 nitrogen and oxygen atoms in total. The van der Waals surface area contributed by atoms with Gasteiger partial charge in [-0.1, -0.05) is 0 Å². The van der Waals surface area contributed by atoms with Crippen molar-refractivity contribution in [3.05, 3.63) is 0 Å². The molecule has 0 spiro atoms. The fraction of sp³-hybridized carbons (Fsp3) is 1.00. The number of fused-ring (bicyclic) bond motifs is 2. The molecule has 2 N–H and O–H groups in total. The van der Waals surface area contributed by atoms with E-state index in [1.807, 2.05) is 0 Å². The Morgan fingerprint density at radius 1 is 1.19 bits per heavy atom. The summed E-state index contributed by atoms with van der Waals surface area (Å²) in [6.45, 7) is 1.45. The van der Waals surface area contributed by atoms with Crippen LogP contribution in [0.2, 0.25) is 0 Å². The second-order valence-corrected chi connectivity index (χ2v) is 6.22. The summed E-state index contributed by atoms with van der Waals surface area (Å²) in [7, 11) is 2.25. The van der Waals surface area contributed by atoms with E-state index in [9.17, 15) is 5.11 Å². The SMILES string of the molecule is CN1C2CCC1CC(CO)(NCC1CC1)C2. The zero-order valence-corrected chi connectivity index (χ0v) is 10.3. The highest BCUT2D eigenvalue weighted by Crippen LogP contribution is 2.40. The van der Waals surface area contributed by atoms with Gasteiger partial charge in [0, 0.05) is 17.6 Å². The third-order valence-electron chi connectivity index (χ3n) is 5.00. The maximum absolute atomic E-state index is 9.74. The summed E-state index contributed by atoms with van der Waals surface area (Å²) < 4.78 is 0. The molecule has 2 atom stereocenters. The molecule has 0 aromatic carbocycles. The van der Waals surface area contributed by atoms with E-state index in [-0.39, 0.29) is 5.54 Å². The Balaban J connectivity index is 1.65. The van der Waals surface area contributed by atoms with E-state index in [2.05, 4.69) is 17.3 Å². The fourth-order valence-electron chi connectivity index (χ4n) is 3.58. The minimum atomic E-state index is 0.0426. The van der Waals surface area contributed by atoms with Crippen molar-refractivity contribution in [3.63, 3.8) is 0 Å². The molecule has 2 aliphatic heterocycles. The average Bonchev–Trinajstić information content (AvgIpc) is 3.09. The first-order valence-electron chi connectivity index (χ1n) is 6.80. The Morgan fingerprint density at radius 2 is 1.81 bits per heavy atom. The second kappa shape index (κ2) is 3.97. The van der Waals surface area contributed by atoms with Gasteiger partial charge in [-0.15, -0.1) is 0 Å². The first-order chi connectivity index (χ1) is 7.72. The molecular weight excluding hydrogens is 200 g/mol. The van der Waals surface area contributed by atoms with Crippen molar-refractivity contribution in [1.29, 1.82) is 0 Å². The van der Waals surface area contributed by atoms with Gasteiger partial charge < -0.3 is 15.3 Å². The van der Waals surface area contributed by atoms with Gasteiger partial charge in [-0.25, -0.2) is 0 Å². The first-order valence-corrected chi connectivity index (χ1v) is 6.80. The predicted molar refractivity (Wildman–Crippen MR) is 64.4 cm³/mol. The van der Waals surface area contributed by atoms with Crippen molar-refractivity contribution in [2.24, 2.45) is 5.92 Å². The largest absolute Gasteiger partial charge is 0.394 e. The molecule has 2 unspecified atom stereocenters. The van der Waals surface area contributed by atoms with E-state index in [1.165, 1.54) is 25.7 Å². The Hall–Kier alpha value is -0.120. The quantitative estimate of drug-likeness (QED) is 0.747. The van der Waals surface area contributed by atoms with Gasteiger partial charge in [0.1, 0.15) is 0 Å². The molecule has 0 aromatic rings. The maximum atomic E-state index is 9.74. The fourth-order valence-corrected chi connectivity index (χ4v) is 3.58. The van der Waals surface area contributed by atoms with Crippen LogP contribution in [0.25, 0.3) is 0 Å². The molecule has 16 heavy (non-hydrogen) atoms. The van der Waals surface area contributed by atoms with Crippen LogP contribution in [-0.2, 0) is 0 Å². The number of aliphatic hydroxyl groups excluding tert-OH is 1. The topological polar surface area (TPSA) is 35.5 Å². The molecule has 2 bridgehead atoms. The summed E-state index contributed by atoms with van der Waals surface area (Å²) in [5, 5.41) is 13.4. The zero-order valence-electron chi connectivity index (χ0n) is 10.3. The monoisotopic (exact) mass is 224 g/mol. The smallest absolute Gasteiger partial charge is 0.0614 e. The summed E-state index contributed by atoms with van der Waals surface area (Å²) >= 11 is 0. The lowest BCUT2D eigenvalue weighted by Crippen LogP contribution is -2.59. The first kappa shape index (κ1) is 11.0. The summed E-state index contributed by atoms with van der Waals surface area (Å²) in [6, 6.07) is 1.41. The van der Waals surface area contributed by atoms with Crippen molar-refractivity contribution in [2.75, 3.05) is 20.2 Å². The van der Waals surface area contributed by atoms with Crippen LogP contribution in [0.5, 0.6) is 0 Å². The summed E-state index contributed by atoms with van der Waals surface area (Å²) in [5.41, 5.74) is 0.0426. The van der Waals surface area contributed by atoms with Gasteiger partial charge in [-0.2, -0.15) is 0 Å². The highest BCUT2D eigenvalue weighted by Gasteiger charge is 2.46. The number of hydrogen-bond donors (Lipinski definition) is 2. The van der Waals surface area contributed by atoms with E-state index in [0.29, 0.717) is 18.7 Å². The minimum Gasteiger partial charge on any atom is -0.394 e. The van der Waals surface area contributed by atoms with Gasteiger partial charge in [0.2, 0.25) is 0 Å². The van der Waals surface area contributed by atoms with Crippen molar-refractivity contribution in [2.45, 2.75) is 56.1 Å². The minimum absolute atomic E-state index is 0.0426. The molecule has 3 heteroatoms. The predicted octanol–water partition coefficient (Wildman–Crippen LogP) is 0.974. The van der Waals surface area contributed by atoms with Gasteiger partial charge in [0.25, 0.3) is 0 Å². The maximum Gasteiger partial charge on any atom is 0.0614 e. The number of aliphatic hydroxyl groups is 1. The molecule has 0 amide bonds. The third-order valence-corrected chi connectivity index (χ3v) is 5.00. The standard InChI is InChI=1S/C13H24N2O/c1-15-11-4-5-12(15)7-13(6-11,9-16)14-8-10-2-3-10/h10-12,14,16H,2-9H2,1H3. The van der Waals surface area contributed by atoms with Crippen LogP contribution >= 0.6 is 0 Å². The summed E-state index contributed by atoms with van der Waals surface area (Å²) in [4.78, 5) is 2.53. The highest BCUT2D eigenvalue weighted by atomic mass is 16.3.